The van der Waals surface area contributed by atoms with E-state index in [2.05, 4.69) is 10.3 Å². The van der Waals surface area contributed by atoms with E-state index in [4.69, 9.17) is 4.74 Å². The maximum absolute atomic E-state index is 12.5. The summed E-state index contributed by atoms with van der Waals surface area (Å²) < 4.78 is 28.1. The first-order valence-corrected chi connectivity index (χ1v) is 10.7. The predicted octanol–water partition coefficient (Wildman–Crippen LogP) is 2.81. The Balaban J connectivity index is 2.21. The largest absolute Gasteiger partial charge is 0.425 e. The number of aromatic nitrogens is 1. The maximum Gasteiger partial charge on any atom is 0.313 e. The van der Waals surface area contributed by atoms with Crippen LogP contribution in [0.4, 0.5) is 5.13 Å². The lowest BCUT2D eigenvalue weighted by Crippen LogP contribution is -2.18. The molecule has 0 unspecified atom stereocenters. The molecule has 0 atom stereocenters. The first-order chi connectivity index (χ1) is 12.1. The molecule has 0 aliphatic heterocycles. The zero-order chi connectivity index (χ0) is 19.5. The van der Waals surface area contributed by atoms with E-state index < -0.39 is 21.7 Å². The number of sulfone groups is 1. The number of esters is 1. The first-order valence-electron chi connectivity index (χ1n) is 7.83. The topological polar surface area (TPSA) is 102 Å². The third-order valence-electron chi connectivity index (χ3n) is 3.33. The summed E-state index contributed by atoms with van der Waals surface area (Å²) in [5.41, 5.74) is 0.603. The van der Waals surface area contributed by atoms with E-state index in [9.17, 15) is 18.0 Å². The van der Waals surface area contributed by atoms with E-state index in [0.29, 0.717) is 10.6 Å². The highest BCUT2D eigenvalue weighted by atomic mass is 32.2. The van der Waals surface area contributed by atoms with E-state index in [0.717, 1.165) is 6.26 Å². The molecule has 26 heavy (non-hydrogen) atoms. The Labute approximate surface area is 156 Å². The number of thiazole rings is 1. The number of benzene rings is 1. The normalized spacial score (nSPS) is 11.4. The highest BCUT2D eigenvalue weighted by molar-refractivity contribution is 7.89. The molecule has 0 aliphatic rings. The van der Waals surface area contributed by atoms with Gasteiger partial charge in [-0.3, -0.25) is 14.9 Å². The van der Waals surface area contributed by atoms with E-state index in [1.165, 1.54) is 23.5 Å². The fourth-order valence-electron chi connectivity index (χ4n) is 2.00. The highest BCUT2D eigenvalue weighted by Gasteiger charge is 2.19. The van der Waals surface area contributed by atoms with Gasteiger partial charge in [-0.05, 0) is 19.1 Å². The average molecular weight is 396 g/mol. The summed E-state index contributed by atoms with van der Waals surface area (Å²) in [4.78, 5) is 29.2. The standard InChI is InChI=1S/C17H20N2O5S2/c1-10(2)16(21)24-14-8-6-5-7-12(14)15(20)19-17-18-13(11(3)25-17)9-26(4,22)23/h5-8,10H,9H2,1-4H3,(H,18,19,20). The van der Waals surface area contributed by atoms with Crippen molar-refractivity contribution in [1.82, 2.24) is 4.98 Å². The molecule has 1 N–H and O–H groups in total. The number of amides is 1. The Morgan fingerprint density at radius 3 is 2.54 bits per heavy atom. The number of nitrogens with zero attached hydrogens (tertiary/aromatic N) is 1. The molecule has 2 rings (SSSR count). The zero-order valence-corrected chi connectivity index (χ0v) is 16.5. The van der Waals surface area contributed by atoms with Gasteiger partial charge in [-0.1, -0.05) is 26.0 Å². The van der Waals surface area contributed by atoms with E-state index in [1.54, 1.807) is 32.9 Å². The van der Waals surface area contributed by atoms with Crippen molar-refractivity contribution in [1.29, 1.82) is 0 Å². The van der Waals surface area contributed by atoms with Gasteiger partial charge >= 0.3 is 5.97 Å². The Morgan fingerprint density at radius 1 is 1.27 bits per heavy atom. The van der Waals surface area contributed by atoms with Gasteiger partial charge in [0.25, 0.3) is 5.91 Å². The number of ether oxygens (including phenoxy) is 1. The summed E-state index contributed by atoms with van der Waals surface area (Å²) in [5, 5.41) is 2.92. The number of hydrogen-bond acceptors (Lipinski definition) is 7. The van der Waals surface area contributed by atoms with Crippen LogP contribution < -0.4 is 10.1 Å². The molecule has 7 nitrogen and oxygen atoms in total. The van der Waals surface area contributed by atoms with Gasteiger partial charge < -0.3 is 4.74 Å². The fraction of sp³-hybridized carbons (Fsp3) is 0.353. The SMILES string of the molecule is Cc1sc(NC(=O)c2ccccc2OC(=O)C(C)C)nc1CS(C)(=O)=O. The number of nitrogens with one attached hydrogen (secondary N) is 1. The van der Waals surface area contributed by atoms with Crippen LogP contribution in [0.3, 0.4) is 0 Å². The molecule has 0 fully saturated rings. The molecule has 0 radical (unpaired) electrons. The number of carbonyl (C=O) groups excluding carboxylic acids is 2. The van der Waals surface area contributed by atoms with Gasteiger partial charge in [0.05, 0.1) is 22.9 Å². The minimum atomic E-state index is -3.22. The summed E-state index contributed by atoms with van der Waals surface area (Å²) in [6.07, 6.45) is 1.13. The Bertz CT molecular complexity index is 932. The van der Waals surface area contributed by atoms with Crippen molar-refractivity contribution in [3.05, 3.63) is 40.4 Å². The number of carbonyl (C=O) groups is 2. The lowest BCUT2D eigenvalue weighted by molar-refractivity contribution is -0.137. The molecule has 0 saturated carbocycles. The second-order valence-corrected chi connectivity index (χ2v) is 9.46. The third-order valence-corrected chi connectivity index (χ3v) is 5.05. The molecule has 1 aromatic heterocycles. The molecule has 1 amide bonds. The van der Waals surface area contributed by atoms with Crippen LogP contribution in [-0.4, -0.2) is 31.5 Å². The first kappa shape index (κ1) is 20.1. The summed E-state index contributed by atoms with van der Waals surface area (Å²) in [6.45, 7) is 5.14. The van der Waals surface area contributed by atoms with Gasteiger partial charge in [0.1, 0.15) is 5.75 Å². The third kappa shape index (κ3) is 5.37. The maximum atomic E-state index is 12.5. The van der Waals surface area contributed by atoms with E-state index in [1.807, 2.05) is 0 Å². The molecule has 140 valence electrons. The molecule has 0 spiro atoms. The minimum Gasteiger partial charge on any atom is -0.425 e. The van der Waals surface area contributed by atoms with Crippen LogP contribution in [0, 0.1) is 12.8 Å². The molecule has 9 heteroatoms. The molecule has 1 aromatic carbocycles. The summed E-state index contributed by atoms with van der Waals surface area (Å²) >= 11 is 1.19. The summed E-state index contributed by atoms with van der Waals surface area (Å²) in [6, 6.07) is 6.40. The van der Waals surface area contributed by atoms with Crippen LogP contribution in [0.2, 0.25) is 0 Å². The number of anilines is 1. The Kier molecular flexibility index (Phi) is 6.14. The smallest absolute Gasteiger partial charge is 0.313 e. The molecule has 0 saturated heterocycles. The van der Waals surface area contributed by atoms with Crippen LogP contribution in [0.25, 0.3) is 0 Å². The molecule has 0 aliphatic carbocycles. The van der Waals surface area contributed by atoms with E-state index >= 15 is 0 Å². The number of para-hydroxylation sites is 1. The van der Waals surface area contributed by atoms with Crippen LogP contribution in [0.15, 0.2) is 24.3 Å². The van der Waals surface area contributed by atoms with Crippen LogP contribution in [-0.2, 0) is 20.4 Å². The van der Waals surface area contributed by atoms with Crippen molar-refractivity contribution in [3.63, 3.8) is 0 Å². The van der Waals surface area contributed by atoms with Gasteiger partial charge in [0.2, 0.25) is 0 Å². The number of rotatable bonds is 6. The monoisotopic (exact) mass is 396 g/mol. The second-order valence-electron chi connectivity index (χ2n) is 6.12. The van der Waals surface area contributed by atoms with Gasteiger partial charge in [-0.2, -0.15) is 0 Å². The molecule has 2 aromatic rings. The van der Waals surface area contributed by atoms with Crippen LogP contribution >= 0.6 is 11.3 Å². The molecule has 1 heterocycles. The Morgan fingerprint density at radius 2 is 1.92 bits per heavy atom. The second kappa shape index (κ2) is 7.96. The van der Waals surface area contributed by atoms with Crippen molar-refractivity contribution < 1.29 is 22.7 Å². The number of hydrogen-bond donors (Lipinski definition) is 1. The minimum absolute atomic E-state index is 0.160. The van der Waals surface area contributed by atoms with Crippen molar-refractivity contribution >= 4 is 38.2 Å². The highest BCUT2D eigenvalue weighted by Crippen LogP contribution is 2.26. The quantitative estimate of drug-likeness (QED) is 0.595. The zero-order valence-electron chi connectivity index (χ0n) is 14.9. The number of aryl methyl sites for hydroxylation is 1. The lowest BCUT2D eigenvalue weighted by atomic mass is 10.2. The van der Waals surface area contributed by atoms with Crippen LogP contribution in [0.1, 0.15) is 34.8 Å². The summed E-state index contributed by atoms with van der Waals surface area (Å²) in [7, 11) is -3.22. The van der Waals surface area contributed by atoms with E-state index in [-0.39, 0.29) is 28.1 Å². The molecular weight excluding hydrogens is 376 g/mol. The molecule has 0 bridgehead atoms. The van der Waals surface area contributed by atoms with Gasteiger partial charge in [-0.15, -0.1) is 11.3 Å². The van der Waals surface area contributed by atoms with Gasteiger partial charge in [0, 0.05) is 11.1 Å². The summed E-state index contributed by atoms with van der Waals surface area (Å²) in [5.74, 6) is -1.28. The van der Waals surface area contributed by atoms with Gasteiger partial charge in [0.15, 0.2) is 15.0 Å². The van der Waals surface area contributed by atoms with Gasteiger partial charge in [-0.25, -0.2) is 13.4 Å². The fourth-order valence-corrected chi connectivity index (χ4v) is 3.69. The van der Waals surface area contributed by atoms with Crippen molar-refractivity contribution in [3.8, 4) is 5.75 Å². The molecular formula is C17H20N2O5S2. The van der Waals surface area contributed by atoms with Crippen molar-refractivity contribution in [2.45, 2.75) is 26.5 Å². The van der Waals surface area contributed by atoms with Crippen molar-refractivity contribution in [2.75, 3.05) is 11.6 Å². The lowest BCUT2D eigenvalue weighted by Gasteiger charge is -2.10. The van der Waals surface area contributed by atoms with Crippen molar-refractivity contribution in [2.24, 2.45) is 5.92 Å². The predicted molar refractivity (Wildman–Crippen MR) is 100 cm³/mol. The average Bonchev–Trinajstić information content (AvgIpc) is 2.85. The van der Waals surface area contributed by atoms with Crippen LogP contribution in [0.5, 0.6) is 5.75 Å². The Hall–Kier alpha value is -2.26.